The molecule has 1 aromatic rings. The number of piperazine rings is 1. The smallest absolute Gasteiger partial charge is 0.133 e. The molecule has 2 heterocycles. The molecule has 0 spiro atoms. The molecule has 1 aliphatic rings. The van der Waals surface area contributed by atoms with Gasteiger partial charge in [-0.15, -0.1) is 0 Å². The largest absolute Gasteiger partial charge is 0.361 e. The van der Waals surface area contributed by atoms with Crippen LogP contribution in [-0.4, -0.2) is 36.2 Å². The number of rotatable bonds is 2. The van der Waals surface area contributed by atoms with E-state index in [9.17, 15) is 0 Å². The molecule has 0 aliphatic carbocycles. The quantitative estimate of drug-likeness (QED) is 0.716. The zero-order valence-corrected chi connectivity index (χ0v) is 7.92. The molecule has 4 nitrogen and oxygen atoms in total. The number of aryl methyl sites for hydroxylation is 1. The Morgan fingerprint density at radius 1 is 1.54 bits per heavy atom. The molecular weight excluding hydrogens is 166 g/mol. The second-order valence-corrected chi connectivity index (χ2v) is 3.46. The van der Waals surface area contributed by atoms with Crippen molar-refractivity contribution in [1.82, 2.24) is 15.4 Å². The Kier molecular flexibility index (Phi) is 2.61. The molecule has 1 N–H and O–H groups in total. The van der Waals surface area contributed by atoms with Gasteiger partial charge >= 0.3 is 0 Å². The highest BCUT2D eigenvalue weighted by Crippen LogP contribution is 2.05. The van der Waals surface area contributed by atoms with E-state index in [1.807, 2.05) is 13.0 Å². The van der Waals surface area contributed by atoms with Crippen LogP contribution in [0.3, 0.4) is 0 Å². The summed E-state index contributed by atoms with van der Waals surface area (Å²) in [6.45, 7) is 7.21. The summed E-state index contributed by atoms with van der Waals surface area (Å²) in [4.78, 5) is 2.38. The lowest BCUT2D eigenvalue weighted by atomic mass is 10.3. The van der Waals surface area contributed by atoms with Crippen LogP contribution in [0.25, 0.3) is 0 Å². The molecule has 0 aromatic carbocycles. The number of hydrogen-bond donors (Lipinski definition) is 1. The van der Waals surface area contributed by atoms with Crippen LogP contribution in [-0.2, 0) is 6.54 Å². The highest BCUT2D eigenvalue weighted by molar-refractivity contribution is 5.03. The van der Waals surface area contributed by atoms with Gasteiger partial charge in [0.15, 0.2) is 0 Å². The highest BCUT2D eigenvalue weighted by atomic mass is 16.5. The predicted octanol–water partition coefficient (Wildman–Crippen LogP) is 0.388. The van der Waals surface area contributed by atoms with Crippen molar-refractivity contribution in [2.24, 2.45) is 0 Å². The maximum atomic E-state index is 5.01. The molecule has 1 fully saturated rings. The summed E-state index contributed by atoms with van der Waals surface area (Å²) >= 11 is 0. The van der Waals surface area contributed by atoms with Crippen molar-refractivity contribution in [2.45, 2.75) is 13.5 Å². The molecule has 0 unspecified atom stereocenters. The first-order valence-corrected chi connectivity index (χ1v) is 4.70. The summed E-state index contributed by atoms with van der Waals surface area (Å²) in [5, 5.41) is 7.29. The summed E-state index contributed by atoms with van der Waals surface area (Å²) in [6, 6.07) is 2.00. The fourth-order valence-corrected chi connectivity index (χ4v) is 1.59. The summed E-state index contributed by atoms with van der Waals surface area (Å²) in [6.07, 6.45) is 0. The maximum absolute atomic E-state index is 5.01. The van der Waals surface area contributed by atoms with Crippen molar-refractivity contribution in [3.8, 4) is 0 Å². The number of nitrogens with one attached hydrogen (secondary N) is 1. The Labute approximate surface area is 77.9 Å². The average Bonchev–Trinajstić information content (AvgIpc) is 2.53. The molecule has 2 rings (SSSR count). The first kappa shape index (κ1) is 8.72. The summed E-state index contributed by atoms with van der Waals surface area (Å²) < 4.78 is 5.01. The Bertz CT molecular complexity index is 266. The van der Waals surface area contributed by atoms with Crippen LogP contribution in [0.1, 0.15) is 11.5 Å². The van der Waals surface area contributed by atoms with E-state index in [1.165, 1.54) is 0 Å². The van der Waals surface area contributed by atoms with Gasteiger partial charge in [0.05, 0.1) is 5.69 Å². The fourth-order valence-electron chi connectivity index (χ4n) is 1.59. The first-order chi connectivity index (χ1) is 6.34. The summed E-state index contributed by atoms with van der Waals surface area (Å²) in [5.74, 6) is 0.894. The fraction of sp³-hybridized carbons (Fsp3) is 0.667. The molecular formula is C9H15N3O. The normalized spacial score (nSPS) is 19.2. The van der Waals surface area contributed by atoms with Crippen LogP contribution in [0.15, 0.2) is 10.6 Å². The molecule has 0 amide bonds. The zero-order chi connectivity index (χ0) is 9.10. The number of aromatic nitrogens is 1. The molecule has 1 aromatic heterocycles. The minimum absolute atomic E-state index is 0.894. The Hall–Kier alpha value is -0.870. The molecule has 1 saturated heterocycles. The van der Waals surface area contributed by atoms with Crippen molar-refractivity contribution in [3.05, 3.63) is 17.5 Å². The Balaban J connectivity index is 1.89. The first-order valence-electron chi connectivity index (χ1n) is 4.70. The monoisotopic (exact) mass is 181 g/mol. The van der Waals surface area contributed by atoms with E-state index in [4.69, 9.17) is 4.52 Å². The van der Waals surface area contributed by atoms with E-state index in [2.05, 4.69) is 15.4 Å². The van der Waals surface area contributed by atoms with Gasteiger partial charge in [-0.1, -0.05) is 5.16 Å². The van der Waals surface area contributed by atoms with Crippen LogP contribution in [0.2, 0.25) is 0 Å². The second kappa shape index (κ2) is 3.89. The van der Waals surface area contributed by atoms with Gasteiger partial charge in [-0.05, 0) is 6.92 Å². The van der Waals surface area contributed by atoms with Gasteiger partial charge in [0.1, 0.15) is 5.76 Å². The molecule has 13 heavy (non-hydrogen) atoms. The number of nitrogens with zero attached hydrogens (tertiary/aromatic N) is 2. The predicted molar refractivity (Wildman–Crippen MR) is 49.4 cm³/mol. The van der Waals surface area contributed by atoms with E-state index in [0.29, 0.717) is 0 Å². The van der Waals surface area contributed by atoms with Gasteiger partial charge in [0.25, 0.3) is 0 Å². The summed E-state index contributed by atoms with van der Waals surface area (Å²) in [5.41, 5.74) is 1.04. The van der Waals surface area contributed by atoms with E-state index < -0.39 is 0 Å². The standard InChI is InChI=1S/C9H15N3O/c1-8-6-9(11-13-8)7-12-4-2-10-3-5-12/h6,10H,2-5,7H2,1H3. The SMILES string of the molecule is Cc1cc(CN2CCNCC2)no1. The number of hydrogen-bond acceptors (Lipinski definition) is 4. The van der Waals surface area contributed by atoms with Gasteiger partial charge in [0, 0.05) is 38.8 Å². The lowest BCUT2D eigenvalue weighted by Crippen LogP contribution is -2.42. The van der Waals surface area contributed by atoms with Gasteiger partial charge in [0.2, 0.25) is 0 Å². The molecule has 4 heteroatoms. The lowest BCUT2D eigenvalue weighted by Gasteiger charge is -2.25. The van der Waals surface area contributed by atoms with Crippen LogP contribution in [0.5, 0.6) is 0 Å². The van der Waals surface area contributed by atoms with Crippen LogP contribution >= 0.6 is 0 Å². The third-order valence-electron chi connectivity index (χ3n) is 2.27. The van der Waals surface area contributed by atoms with E-state index in [0.717, 1.165) is 44.2 Å². The highest BCUT2D eigenvalue weighted by Gasteiger charge is 2.11. The molecule has 0 atom stereocenters. The lowest BCUT2D eigenvalue weighted by molar-refractivity contribution is 0.226. The van der Waals surface area contributed by atoms with Crippen molar-refractivity contribution >= 4 is 0 Å². The van der Waals surface area contributed by atoms with E-state index in [-0.39, 0.29) is 0 Å². The topological polar surface area (TPSA) is 41.3 Å². The third kappa shape index (κ3) is 2.29. The third-order valence-corrected chi connectivity index (χ3v) is 2.27. The maximum Gasteiger partial charge on any atom is 0.133 e. The summed E-state index contributed by atoms with van der Waals surface area (Å²) in [7, 11) is 0. The Morgan fingerprint density at radius 2 is 2.31 bits per heavy atom. The minimum Gasteiger partial charge on any atom is -0.361 e. The van der Waals surface area contributed by atoms with Gasteiger partial charge in [-0.25, -0.2) is 0 Å². The van der Waals surface area contributed by atoms with Crippen LogP contribution in [0, 0.1) is 6.92 Å². The zero-order valence-electron chi connectivity index (χ0n) is 7.92. The van der Waals surface area contributed by atoms with Gasteiger partial charge < -0.3 is 9.84 Å². The minimum atomic E-state index is 0.894. The molecule has 0 saturated carbocycles. The van der Waals surface area contributed by atoms with Crippen molar-refractivity contribution in [3.63, 3.8) is 0 Å². The van der Waals surface area contributed by atoms with Crippen molar-refractivity contribution in [1.29, 1.82) is 0 Å². The van der Waals surface area contributed by atoms with Crippen LogP contribution < -0.4 is 5.32 Å². The van der Waals surface area contributed by atoms with E-state index >= 15 is 0 Å². The van der Waals surface area contributed by atoms with Gasteiger partial charge in [-0.3, -0.25) is 4.90 Å². The Morgan fingerprint density at radius 3 is 2.92 bits per heavy atom. The van der Waals surface area contributed by atoms with E-state index in [1.54, 1.807) is 0 Å². The second-order valence-electron chi connectivity index (χ2n) is 3.46. The van der Waals surface area contributed by atoms with Gasteiger partial charge in [-0.2, -0.15) is 0 Å². The molecule has 0 radical (unpaired) electrons. The van der Waals surface area contributed by atoms with Crippen molar-refractivity contribution in [2.75, 3.05) is 26.2 Å². The molecule has 72 valence electrons. The molecule has 0 bridgehead atoms. The van der Waals surface area contributed by atoms with Crippen LogP contribution in [0.4, 0.5) is 0 Å². The van der Waals surface area contributed by atoms with Crippen molar-refractivity contribution < 1.29 is 4.52 Å². The molecule has 1 aliphatic heterocycles. The average molecular weight is 181 g/mol.